The summed E-state index contributed by atoms with van der Waals surface area (Å²) >= 11 is 0. The van der Waals surface area contributed by atoms with E-state index in [1.165, 1.54) is 25.9 Å². The molecule has 1 atom stereocenters. The lowest BCUT2D eigenvalue weighted by molar-refractivity contribution is -0.109. The molecule has 0 amide bonds. The van der Waals surface area contributed by atoms with Crippen molar-refractivity contribution in [2.24, 2.45) is 0 Å². The van der Waals surface area contributed by atoms with Crippen LogP contribution < -0.4 is 5.32 Å². The molecule has 0 bridgehead atoms. The monoisotopic (exact) mass is 387 g/mol. The second-order valence-corrected chi connectivity index (χ2v) is 7.76. The highest BCUT2D eigenvalue weighted by Gasteiger charge is 2.20. The van der Waals surface area contributed by atoms with E-state index in [1.807, 2.05) is 40.0 Å². The second-order valence-electron chi connectivity index (χ2n) is 7.76. The number of rotatable bonds is 6. The fraction of sp³-hybridized carbons (Fsp3) is 0.304. The van der Waals surface area contributed by atoms with E-state index in [-0.39, 0.29) is 6.04 Å². The molecule has 2 aliphatic heterocycles. The van der Waals surface area contributed by atoms with Crippen LogP contribution in [0, 0.1) is 0 Å². The van der Waals surface area contributed by atoms with Gasteiger partial charge < -0.3 is 19.6 Å². The highest BCUT2D eigenvalue weighted by atomic mass is 16.1. The van der Waals surface area contributed by atoms with Gasteiger partial charge in [0.1, 0.15) is 12.3 Å². The van der Waals surface area contributed by atoms with Gasteiger partial charge in [0.2, 0.25) is 0 Å². The van der Waals surface area contributed by atoms with Gasteiger partial charge in [0.25, 0.3) is 0 Å². The minimum atomic E-state index is -0.321. The molecular formula is C23H25N5O. The van der Waals surface area contributed by atoms with E-state index in [1.54, 1.807) is 0 Å². The van der Waals surface area contributed by atoms with Crippen molar-refractivity contribution in [2.75, 3.05) is 19.6 Å². The van der Waals surface area contributed by atoms with E-state index >= 15 is 0 Å². The zero-order valence-corrected chi connectivity index (χ0v) is 16.4. The fourth-order valence-electron chi connectivity index (χ4n) is 4.20. The highest BCUT2D eigenvalue weighted by Crippen LogP contribution is 2.27. The number of nitrogens with one attached hydrogen (secondary N) is 1. The maximum atomic E-state index is 11.5. The van der Waals surface area contributed by atoms with Crippen molar-refractivity contribution in [3.05, 3.63) is 66.2 Å². The van der Waals surface area contributed by atoms with Crippen LogP contribution in [0.2, 0.25) is 0 Å². The van der Waals surface area contributed by atoms with Crippen LogP contribution >= 0.6 is 0 Å². The van der Waals surface area contributed by atoms with Crippen molar-refractivity contribution in [1.29, 1.82) is 0 Å². The molecular weight excluding hydrogens is 362 g/mol. The van der Waals surface area contributed by atoms with Crippen LogP contribution in [-0.2, 0) is 11.3 Å². The van der Waals surface area contributed by atoms with Crippen molar-refractivity contribution < 1.29 is 4.79 Å². The molecule has 0 saturated carbocycles. The summed E-state index contributed by atoms with van der Waals surface area (Å²) in [6.07, 6.45) is 11.6. The second kappa shape index (κ2) is 7.72. The van der Waals surface area contributed by atoms with Gasteiger partial charge in [-0.2, -0.15) is 5.10 Å². The minimum absolute atomic E-state index is 0.321. The molecule has 29 heavy (non-hydrogen) atoms. The number of carbonyl (C=O) groups excluding carboxylic acids is 1. The molecule has 4 heterocycles. The number of hydrogen-bond donors (Lipinski definition) is 1. The topological polar surface area (TPSA) is 55.1 Å². The van der Waals surface area contributed by atoms with Gasteiger partial charge in [-0.25, -0.2) is 0 Å². The third-order valence-corrected chi connectivity index (χ3v) is 5.85. The minimum Gasteiger partial charge on any atom is -0.369 e. The highest BCUT2D eigenvalue weighted by molar-refractivity contribution is 5.80. The van der Waals surface area contributed by atoms with Crippen molar-refractivity contribution in [3.63, 3.8) is 0 Å². The Hall–Kier alpha value is -3.12. The standard InChI is InChI=1S/C23H25N5O/c29-17-22-23-4-3-11-27(23)16-21(25-22)19-7-5-18(6-8-19)20-14-24-28(15-20)13-12-26-9-1-2-10-26/h3-8,11,14-17,22,25H,1-2,9-10,12-13H2. The van der Waals surface area contributed by atoms with Crippen molar-refractivity contribution in [1.82, 2.24) is 24.6 Å². The van der Waals surface area contributed by atoms with E-state index in [2.05, 4.69) is 45.8 Å². The van der Waals surface area contributed by atoms with Crippen LogP contribution in [0.3, 0.4) is 0 Å². The zero-order valence-electron chi connectivity index (χ0n) is 16.4. The van der Waals surface area contributed by atoms with E-state index in [9.17, 15) is 4.79 Å². The van der Waals surface area contributed by atoms with Crippen LogP contribution in [-0.4, -0.2) is 45.2 Å². The lowest BCUT2D eigenvalue weighted by Gasteiger charge is -2.23. The molecule has 6 heteroatoms. The predicted molar refractivity (Wildman–Crippen MR) is 114 cm³/mol. The Morgan fingerprint density at radius 3 is 2.62 bits per heavy atom. The van der Waals surface area contributed by atoms with Gasteiger partial charge in [0.15, 0.2) is 0 Å². The van der Waals surface area contributed by atoms with E-state index in [0.717, 1.165) is 47.5 Å². The summed E-state index contributed by atoms with van der Waals surface area (Å²) in [5.74, 6) is 0. The number of fused-ring (bicyclic) bond motifs is 1. The third kappa shape index (κ3) is 3.63. The number of carbonyl (C=O) groups is 1. The largest absolute Gasteiger partial charge is 0.369 e. The number of hydrogen-bond acceptors (Lipinski definition) is 4. The van der Waals surface area contributed by atoms with Gasteiger partial charge >= 0.3 is 0 Å². The molecule has 3 aromatic rings. The molecule has 5 rings (SSSR count). The molecule has 148 valence electrons. The van der Waals surface area contributed by atoms with E-state index in [4.69, 9.17) is 0 Å². The lowest BCUT2D eigenvalue weighted by atomic mass is 10.0. The molecule has 6 nitrogen and oxygen atoms in total. The Kier molecular flexibility index (Phi) is 4.77. The molecule has 2 aromatic heterocycles. The van der Waals surface area contributed by atoms with E-state index in [0.29, 0.717) is 0 Å². The zero-order chi connectivity index (χ0) is 19.6. The van der Waals surface area contributed by atoms with Crippen LogP contribution in [0.4, 0.5) is 0 Å². The first-order valence-electron chi connectivity index (χ1n) is 10.3. The van der Waals surface area contributed by atoms with Crippen LogP contribution in [0.5, 0.6) is 0 Å². The van der Waals surface area contributed by atoms with Crippen LogP contribution in [0.15, 0.2) is 55.0 Å². The normalized spacial score (nSPS) is 18.9. The van der Waals surface area contributed by atoms with Gasteiger partial charge in [-0.3, -0.25) is 4.68 Å². The maximum absolute atomic E-state index is 11.5. The third-order valence-electron chi connectivity index (χ3n) is 5.85. The van der Waals surface area contributed by atoms with Crippen LogP contribution in [0.25, 0.3) is 23.0 Å². The lowest BCUT2D eigenvalue weighted by Crippen LogP contribution is -2.27. The number of benzene rings is 1. The average molecular weight is 387 g/mol. The predicted octanol–water partition coefficient (Wildman–Crippen LogP) is 3.25. The number of nitrogens with zero attached hydrogens (tertiary/aromatic N) is 4. The molecule has 2 aliphatic rings. The number of aromatic nitrogens is 3. The van der Waals surface area contributed by atoms with E-state index < -0.39 is 0 Å². The molecule has 1 saturated heterocycles. The SMILES string of the molecule is O=CC1NC(c2ccc(-c3cnn(CCN4CCCC4)c3)cc2)=Cn2cccc21. The summed E-state index contributed by atoms with van der Waals surface area (Å²) in [5, 5.41) is 7.85. The summed E-state index contributed by atoms with van der Waals surface area (Å²) in [7, 11) is 0. The summed E-state index contributed by atoms with van der Waals surface area (Å²) in [6, 6.07) is 12.0. The van der Waals surface area contributed by atoms with Crippen molar-refractivity contribution in [3.8, 4) is 11.1 Å². The van der Waals surface area contributed by atoms with Gasteiger partial charge in [0.05, 0.1) is 24.1 Å². The molecule has 1 unspecified atom stereocenters. The van der Waals surface area contributed by atoms with Gasteiger partial charge in [-0.15, -0.1) is 0 Å². The molecule has 0 spiro atoms. The summed E-state index contributed by atoms with van der Waals surface area (Å²) in [4.78, 5) is 14.0. The first-order chi connectivity index (χ1) is 14.3. The number of aldehydes is 1. The van der Waals surface area contributed by atoms with Gasteiger partial charge in [0, 0.05) is 30.7 Å². The smallest absolute Gasteiger partial charge is 0.148 e. The maximum Gasteiger partial charge on any atom is 0.148 e. The average Bonchev–Trinajstić information content (AvgIpc) is 3.53. The first kappa shape index (κ1) is 17.9. The molecule has 0 aliphatic carbocycles. The Balaban J connectivity index is 1.30. The first-order valence-corrected chi connectivity index (χ1v) is 10.3. The van der Waals surface area contributed by atoms with Crippen molar-refractivity contribution in [2.45, 2.75) is 25.4 Å². The Morgan fingerprint density at radius 2 is 1.83 bits per heavy atom. The summed E-state index contributed by atoms with van der Waals surface area (Å²) in [6.45, 7) is 4.43. The van der Waals surface area contributed by atoms with Crippen molar-refractivity contribution >= 4 is 18.2 Å². The molecule has 1 aromatic carbocycles. The molecule has 1 fully saturated rings. The Bertz CT molecular complexity index is 1020. The quantitative estimate of drug-likeness (QED) is 0.660. The fourth-order valence-corrected chi connectivity index (χ4v) is 4.20. The Labute approximate surface area is 170 Å². The van der Waals surface area contributed by atoms with Gasteiger partial charge in [-0.1, -0.05) is 24.3 Å². The Morgan fingerprint density at radius 1 is 1.03 bits per heavy atom. The summed E-state index contributed by atoms with van der Waals surface area (Å²) in [5.41, 5.74) is 5.23. The summed E-state index contributed by atoms with van der Waals surface area (Å²) < 4.78 is 4.04. The van der Waals surface area contributed by atoms with Gasteiger partial charge in [-0.05, 0) is 49.2 Å². The number of likely N-dealkylation sites (tertiary alicyclic amines) is 1. The molecule has 1 N–H and O–H groups in total. The molecule has 0 radical (unpaired) electrons. The van der Waals surface area contributed by atoms with Crippen LogP contribution in [0.1, 0.15) is 30.1 Å².